The molecule has 1 unspecified atom stereocenters. The van der Waals surface area contributed by atoms with Gasteiger partial charge in [-0.15, -0.1) is 13.2 Å². The number of hydrogen-bond donors (Lipinski definition) is 4. The van der Waals surface area contributed by atoms with E-state index in [2.05, 4.69) is 32.6 Å². The maximum absolute atomic E-state index is 12.8. The van der Waals surface area contributed by atoms with Crippen LogP contribution in [0.15, 0.2) is 49.0 Å². The van der Waals surface area contributed by atoms with Gasteiger partial charge in [-0.1, -0.05) is 12.6 Å². The highest BCUT2D eigenvalue weighted by molar-refractivity contribution is 6.01. The largest absolute Gasteiger partial charge is 0.573 e. The molecule has 2 aromatic rings. The third-order valence-electron chi connectivity index (χ3n) is 8.07. The van der Waals surface area contributed by atoms with Gasteiger partial charge in [-0.2, -0.15) is 0 Å². The SMILES string of the molecule is C=C1c2ccc(NC(=O)CCC(=O)N3CCC(NC(=O)Nc4ccc(OC(F)(F)F)cc4)CC3)cc2CN1C1CCC(=O)NC1=O. The summed E-state index contributed by atoms with van der Waals surface area (Å²) in [6.07, 6.45) is -3.14. The van der Waals surface area contributed by atoms with Crippen LogP contribution in [0.25, 0.3) is 5.70 Å². The highest BCUT2D eigenvalue weighted by Gasteiger charge is 2.36. The van der Waals surface area contributed by atoms with Crippen molar-refractivity contribution in [3.8, 4) is 5.75 Å². The number of carbonyl (C=O) groups is 5. The molecule has 0 aliphatic carbocycles. The molecule has 2 saturated heterocycles. The molecule has 3 heterocycles. The molecule has 0 radical (unpaired) electrons. The van der Waals surface area contributed by atoms with Crippen LogP contribution in [0.3, 0.4) is 0 Å². The second kappa shape index (κ2) is 13.5. The molecular formula is C31H33F3N6O6. The Morgan fingerprint density at radius 2 is 1.65 bits per heavy atom. The summed E-state index contributed by atoms with van der Waals surface area (Å²) < 4.78 is 40.7. The van der Waals surface area contributed by atoms with Crippen molar-refractivity contribution in [2.45, 2.75) is 63.5 Å². The predicted octanol–water partition coefficient (Wildman–Crippen LogP) is 3.71. The van der Waals surface area contributed by atoms with E-state index in [0.717, 1.165) is 23.3 Å². The van der Waals surface area contributed by atoms with Gasteiger partial charge in [0.1, 0.15) is 11.8 Å². The van der Waals surface area contributed by atoms with E-state index in [1.807, 2.05) is 17.0 Å². The number of anilines is 2. The Morgan fingerprint density at radius 1 is 0.957 bits per heavy atom. The summed E-state index contributed by atoms with van der Waals surface area (Å²) in [4.78, 5) is 65.1. The third-order valence-corrected chi connectivity index (χ3v) is 8.07. The molecule has 6 amide bonds. The van der Waals surface area contributed by atoms with Gasteiger partial charge >= 0.3 is 12.4 Å². The molecule has 3 aliphatic heterocycles. The number of amides is 6. The van der Waals surface area contributed by atoms with E-state index in [9.17, 15) is 37.1 Å². The zero-order valence-electron chi connectivity index (χ0n) is 24.7. The van der Waals surface area contributed by atoms with Crippen LogP contribution < -0.4 is 26.0 Å². The number of piperidine rings is 2. The van der Waals surface area contributed by atoms with Crippen LogP contribution in [0.5, 0.6) is 5.75 Å². The van der Waals surface area contributed by atoms with Crippen molar-refractivity contribution < 1.29 is 41.9 Å². The van der Waals surface area contributed by atoms with E-state index < -0.39 is 24.2 Å². The van der Waals surface area contributed by atoms with Crippen molar-refractivity contribution in [2.24, 2.45) is 0 Å². The van der Waals surface area contributed by atoms with Gasteiger partial charge in [0.15, 0.2) is 0 Å². The second-order valence-electron chi connectivity index (χ2n) is 11.3. The zero-order chi connectivity index (χ0) is 33.0. The number of nitrogens with one attached hydrogen (secondary N) is 4. The fourth-order valence-corrected chi connectivity index (χ4v) is 5.76. The van der Waals surface area contributed by atoms with Crippen LogP contribution in [0.2, 0.25) is 0 Å². The standard InChI is InChI=1S/C31H33F3N6O6/c1-18-24-7-4-22(16-19(24)17-40(18)25-8-9-27(42)38-29(25)44)35-26(41)10-11-28(43)39-14-12-21(13-15-39)37-30(45)36-20-2-5-23(6-3-20)46-31(32,33)34/h2-7,16,21,25H,1,8-15,17H2,(H,35,41)(H2,36,37,45)(H,38,42,44). The Hall–Kier alpha value is -5.08. The van der Waals surface area contributed by atoms with E-state index in [1.54, 1.807) is 11.0 Å². The predicted molar refractivity (Wildman–Crippen MR) is 160 cm³/mol. The quantitative estimate of drug-likeness (QED) is 0.321. The minimum atomic E-state index is -4.80. The minimum Gasteiger partial charge on any atom is -0.406 e. The van der Waals surface area contributed by atoms with Gasteiger partial charge in [0, 0.05) is 67.6 Å². The first-order valence-electron chi connectivity index (χ1n) is 14.8. The van der Waals surface area contributed by atoms with Gasteiger partial charge in [0.05, 0.1) is 0 Å². The summed E-state index contributed by atoms with van der Waals surface area (Å²) >= 11 is 0. The van der Waals surface area contributed by atoms with Gasteiger partial charge in [0.2, 0.25) is 23.6 Å². The van der Waals surface area contributed by atoms with Crippen molar-refractivity contribution in [2.75, 3.05) is 23.7 Å². The molecule has 12 nitrogen and oxygen atoms in total. The first kappa shape index (κ1) is 32.3. The molecule has 2 fully saturated rings. The molecule has 0 bridgehead atoms. The summed E-state index contributed by atoms with van der Waals surface area (Å²) in [5.41, 5.74) is 3.28. The van der Waals surface area contributed by atoms with Crippen LogP contribution in [-0.4, -0.2) is 71.0 Å². The van der Waals surface area contributed by atoms with E-state index in [1.165, 1.54) is 12.1 Å². The molecule has 0 aromatic heterocycles. The van der Waals surface area contributed by atoms with E-state index in [0.29, 0.717) is 50.3 Å². The number of alkyl halides is 3. The normalized spacial score (nSPS) is 18.5. The Labute approximate surface area is 262 Å². The summed E-state index contributed by atoms with van der Waals surface area (Å²) in [7, 11) is 0. The number of carbonyl (C=O) groups excluding carboxylic acids is 5. The van der Waals surface area contributed by atoms with Gasteiger partial charge in [0.25, 0.3) is 0 Å². The first-order chi connectivity index (χ1) is 21.8. The molecule has 3 aliphatic rings. The number of hydrogen-bond acceptors (Lipinski definition) is 7. The van der Waals surface area contributed by atoms with Crippen molar-refractivity contribution in [3.05, 3.63) is 60.2 Å². The average molecular weight is 643 g/mol. The van der Waals surface area contributed by atoms with Crippen molar-refractivity contribution in [1.82, 2.24) is 20.4 Å². The fraction of sp³-hybridized carbons (Fsp3) is 0.387. The molecule has 46 heavy (non-hydrogen) atoms. The Balaban J connectivity index is 1.02. The van der Waals surface area contributed by atoms with Crippen LogP contribution in [0.1, 0.15) is 49.7 Å². The lowest BCUT2D eigenvalue weighted by Gasteiger charge is -2.32. The van der Waals surface area contributed by atoms with Crippen LogP contribution in [0, 0.1) is 0 Å². The monoisotopic (exact) mass is 642 g/mol. The van der Waals surface area contributed by atoms with Gasteiger partial charge in [-0.25, -0.2) is 4.79 Å². The Morgan fingerprint density at radius 3 is 2.33 bits per heavy atom. The summed E-state index contributed by atoms with van der Waals surface area (Å²) in [5, 5.41) is 10.5. The van der Waals surface area contributed by atoms with Crippen molar-refractivity contribution in [3.63, 3.8) is 0 Å². The molecule has 5 rings (SSSR count). The number of halogens is 3. The molecule has 4 N–H and O–H groups in total. The number of ether oxygens (including phenoxy) is 1. The molecule has 2 aromatic carbocycles. The van der Waals surface area contributed by atoms with Gasteiger partial charge < -0.3 is 30.5 Å². The molecular weight excluding hydrogens is 609 g/mol. The highest BCUT2D eigenvalue weighted by atomic mass is 19.4. The summed E-state index contributed by atoms with van der Waals surface area (Å²) in [6.45, 7) is 5.32. The number of benzene rings is 2. The van der Waals surface area contributed by atoms with Crippen molar-refractivity contribution >= 4 is 46.7 Å². The number of rotatable bonds is 8. The number of fused-ring (bicyclic) bond motifs is 1. The number of likely N-dealkylation sites (tertiary alicyclic amines) is 1. The number of urea groups is 1. The molecule has 1 atom stereocenters. The molecule has 0 saturated carbocycles. The van der Waals surface area contributed by atoms with Crippen LogP contribution in [-0.2, 0) is 25.7 Å². The second-order valence-corrected chi connectivity index (χ2v) is 11.3. The maximum atomic E-state index is 12.8. The first-order valence-corrected chi connectivity index (χ1v) is 14.8. The Kier molecular flexibility index (Phi) is 9.49. The topological polar surface area (TPSA) is 149 Å². The smallest absolute Gasteiger partial charge is 0.406 e. The zero-order valence-corrected chi connectivity index (χ0v) is 24.7. The summed E-state index contributed by atoms with van der Waals surface area (Å²) in [6, 6.07) is 8.93. The lowest BCUT2D eigenvalue weighted by molar-refractivity contribution is -0.274. The van der Waals surface area contributed by atoms with Crippen LogP contribution in [0.4, 0.5) is 29.3 Å². The molecule has 244 valence electrons. The lowest BCUT2D eigenvalue weighted by atomic mass is 10.0. The van der Waals surface area contributed by atoms with E-state index in [4.69, 9.17) is 0 Å². The number of imide groups is 1. The summed E-state index contributed by atoms with van der Waals surface area (Å²) in [5.74, 6) is -1.53. The molecule has 15 heteroatoms. The minimum absolute atomic E-state index is 0.0155. The third kappa shape index (κ3) is 8.14. The maximum Gasteiger partial charge on any atom is 0.573 e. The van der Waals surface area contributed by atoms with Gasteiger partial charge in [-0.3, -0.25) is 24.5 Å². The van der Waals surface area contributed by atoms with Crippen LogP contribution >= 0.6 is 0 Å². The average Bonchev–Trinajstić information content (AvgIpc) is 3.31. The van der Waals surface area contributed by atoms with Crippen molar-refractivity contribution in [1.29, 1.82) is 0 Å². The fourth-order valence-electron chi connectivity index (χ4n) is 5.76. The Bertz CT molecular complexity index is 1540. The van der Waals surface area contributed by atoms with E-state index in [-0.39, 0.29) is 54.6 Å². The molecule has 0 spiro atoms. The number of nitrogens with zero attached hydrogens (tertiary/aromatic N) is 2. The lowest BCUT2D eigenvalue weighted by Crippen LogP contribution is -2.50. The van der Waals surface area contributed by atoms with Gasteiger partial charge in [-0.05, 0) is 61.2 Å². The van der Waals surface area contributed by atoms with E-state index >= 15 is 0 Å². The highest BCUT2D eigenvalue weighted by Crippen LogP contribution is 2.36.